The second-order valence-electron chi connectivity index (χ2n) is 3.38. The molecule has 1 unspecified atom stereocenters. The van der Waals surface area contributed by atoms with E-state index in [9.17, 15) is 13.2 Å². The van der Waals surface area contributed by atoms with Crippen LogP contribution in [0.2, 0.25) is 0 Å². The van der Waals surface area contributed by atoms with E-state index in [1.807, 2.05) is 0 Å². The van der Waals surface area contributed by atoms with Crippen molar-refractivity contribution in [2.24, 2.45) is 0 Å². The van der Waals surface area contributed by atoms with Gasteiger partial charge in [-0.1, -0.05) is 0 Å². The fraction of sp³-hybridized carbons (Fsp3) is 0.200. The molecule has 0 saturated heterocycles. The highest BCUT2D eigenvalue weighted by molar-refractivity contribution is 9.10. The summed E-state index contributed by atoms with van der Waals surface area (Å²) in [4.78, 5) is 7.55. The normalized spacial score (nSPS) is 13.9. The number of nitrogens with zero attached hydrogens (tertiary/aromatic N) is 2. The molecule has 17 heavy (non-hydrogen) atoms. The topological polar surface area (TPSA) is 46.0 Å². The average Bonchev–Trinajstić information content (AvgIpc) is 2.26. The molecule has 2 aromatic rings. The molecule has 0 bridgehead atoms. The summed E-state index contributed by atoms with van der Waals surface area (Å²) in [6.07, 6.45) is -5.88. The number of hydrogen-bond donors (Lipinski definition) is 1. The van der Waals surface area contributed by atoms with Crippen molar-refractivity contribution in [3.63, 3.8) is 0 Å². The van der Waals surface area contributed by atoms with Crippen LogP contribution in [0.5, 0.6) is 0 Å². The zero-order valence-corrected chi connectivity index (χ0v) is 9.83. The Hall–Kier alpha value is -1.21. The molecule has 0 spiro atoms. The number of pyridine rings is 2. The van der Waals surface area contributed by atoms with Gasteiger partial charge in [0.2, 0.25) is 0 Å². The third-order valence-electron chi connectivity index (χ3n) is 2.12. The summed E-state index contributed by atoms with van der Waals surface area (Å²) >= 11 is 3.19. The molecule has 0 aliphatic heterocycles. The van der Waals surface area contributed by atoms with Gasteiger partial charge in [-0.3, -0.25) is 0 Å². The molecule has 1 N–H and O–H groups in total. The van der Waals surface area contributed by atoms with Gasteiger partial charge in [-0.25, -0.2) is 9.97 Å². The van der Waals surface area contributed by atoms with Crippen molar-refractivity contribution in [2.75, 3.05) is 0 Å². The lowest BCUT2D eigenvalue weighted by Gasteiger charge is -2.13. The van der Waals surface area contributed by atoms with Crippen molar-refractivity contribution in [2.45, 2.75) is 12.3 Å². The summed E-state index contributed by atoms with van der Waals surface area (Å²) in [6, 6.07) is 4.25. The fourth-order valence-corrected chi connectivity index (χ4v) is 1.67. The number of fused-ring (bicyclic) bond motifs is 1. The Kier molecular flexibility index (Phi) is 3.05. The first kappa shape index (κ1) is 12.3. The Balaban J connectivity index is 2.48. The largest absolute Gasteiger partial charge is 0.420 e. The number of aliphatic hydroxyl groups is 1. The van der Waals surface area contributed by atoms with E-state index in [0.717, 1.165) is 6.07 Å². The van der Waals surface area contributed by atoms with Gasteiger partial charge in [0.05, 0.1) is 5.69 Å². The van der Waals surface area contributed by atoms with E-state index in [4.69, 9.17) is 5.11 Å². The van der Waals surface area contributed by atoms with Crippen LogP contribution in [0.1, 0.15) is 11.8 Å². The third-order valence-corrected chi connectivity index (χ3v) is 2.55. The van der Waals surface area contributed by atoms with Crippen molar-refractivity contribution in [3.8, 4) is 0 Å². The molecule has 7 heteroatoms. The Labute approximate surface area is 102 Å². The molecule has 0 aromatic carbocycles. The molecule has 0 amide bonds. The van der Waals surface area contributed by atoms with Crippen LogP contribution < -0.4 is 0 Å². The molecule has 2 heterocycles. The van der Waals surface area contributed by atoms with Crippen molar-refractivity contribution in [3.05, 3.63) is 34.6 Å². The molecule has 2 rings (SSSR count). The molecule has 2 aromatic heterocycles. The molecule has 0 aliphatic rings. The Morgan fingerprint density at radius 2 is 2.00 bits per heavy atom. The smallest absolute Gasteiger partial charge is 0.378 e. The van der Waals surface area contributed by atoms with Crippen molar-refractivity contribution >= 4 is 27.0 Å². The molecule has 3 nitrogen and oxygen atoms in total. The van der Waals surface area contributed by atoms with Crippen LogP contribution in [0.4, 0.5) is 13.2 Å². The first-order valence-corrected chi connectivity index (χ1v) is 5.34. The summed E-state index contributed by atoms with van der Waals surface area (Å²) < 4.78 is 37.5. The number of alkyl halides is 3. The molecule has 0 aliphatic carbocycles. The van der Waals surface area contributed by atoms with Gasteiger partial charge in [0.15, 0.2) is 11.8 Å². The molecule has 0 fully saturated rings. The van der Waals surface area contributed by atoms with Crippen LogP contribution in [-0.4, -0.2) is 21.3 Å². The average molecular weight is 307 g/mol. The van der Waals surface area contributed by atoms with Gasteiger partial charge >= 0.3 is 6.18 Å². The highest BCUT2D eigenvalue weighted by atomic mass is 79.9. The lowest BCUT2D eigenvalue weighted by atomic mass is 10.2. The lowest BCUT2D eigenvalue weighted by molar-refractivity contribution is -0.207. The SMILES string of the molecule is OC(c1ccc2cc(Br)cnc2n1)C(F)(F)F. The number of halogens is 4. The van der Waals surface area contributed by atoms with Crippen LogP contribution in [0, 0.1) is 0 Å². The van der Waals surface area contributed by atoms with Gasteiger partial charge in [0.1, 0.15) is 0 Å². The Bertz CT molecular complexity index is 559. The quantitative estimate of drug-likeness (QED) is 0.881. The monoisotopic (exact) mass is 306 g/mol. The van der Waals surface area contributed by atoms with Crippen molar-refractivity contribution in [1.82, 2.24) is 9.97 Å². The van der Waals surface area contributed by atoms with E-state index in [1.54, 1.807) is 6.07 Å². The van der Waals surface area contributed by atoms with Gasteiger partial charge in [-0.05, 0) is 34.1 Å². The van der Waals surface area contributed by atoms with Gasteiger partial charge in [-0.15, -0.1) is 0 Å². The molecule has 0 radical (unpaired) electrons. The van der Waals surface area contributed by atoms with E-state index in [2.05, 4.69) is 25.9 Å². The maximum atomic E-state index is 12.3. The molecule has 1 atom stereocenters. The second-order valence-corrected chi connectivity index (χ2v) is 4.30. The summed E-state index contributed by atoms with van der Waals surface area (Å²) in [5.74, 6) is 0. The molecular formula is C10H6BrF3N2O. The van der Waals surface area contributed by atoms with E-state index >= 15 is 0 Å². The molecule has 90 valence electrons. The lowest BCUT2D eigenvalue weighted by Crippen LogP contribution is -2.21. The van der Waals surface area contributed by atoms with Crippen LogP contribution >= 0.6 is 15.9 Å². The van der Waals surface area contributed by atoms with Crippen LogP contribution in [-0.2, 0) is 0 Å². The summed E-state index contributed by atoms with van der Waals surface area (Å²) in [7, 11) is 0. The maximum Gasteiger partial charge on any atom is 0.420 e. The van der Waals surface area contributed by atoms with Crippen molar-refractivity contribution in [1.29, 1.82) is 0 Å². The number of hydrogen-bond acceptors (Lipinski definition) is 3. The zero-order chi connectivity index (χ0) is 12.6. The number of aromatic nitrogens is 2. The Morgan fingerprint density at radius 1 is 1.29 bits per heavy atom. The first-order chi connectivity index (χ1) is 7.88. The van der Waals surface area contributed by atoms with Crippen LogP contribution in [0.15, 0.2) is 28.9 Å². The second kappa shape index (κ2) is 4.23. The van der Waals surface area contributed by atoms with E-state index in [-0.39, 0.29) is 5.65 Å². The molecule has 0 saturated carbocycles. The number of rotatable bonds is 1. The van der Waals surface area contributed by atoms with E-state index in [0.29, 0.717) is 9.86 Å². The molecular weight excluding hydrogens is 301 g/mol. The standard InChI is InChI=1S/C10H6BrF3N2O/c11-6-3-5-1-2-7(8(17)10(12,13)14)16-9(5)15-4-6/h1-4,8,17H. The van der Waals surface area contributed by atoms with E-state index in [1.165, 1.54) is 12.3 Å². The Morgan fingerprint density at radius 3 is 2.65 bits per heavy atom. The van der Waals surface area contributed by atoms with Crippen LogP contribution in [0.3, 0.4) is 0 Å². The highest BCUT2D eigenvalue weighted by Gasteiger charge is 2.40. The predicted octanol–water partition coefficient (Wildman–Crippen LogP) is 2.99. The first-order valence-electron chi connectivity index (χ1n) is 4.55. The minimum Gasteiger partial charge on any atom is -0.378 e. The summed E-state index contributed by atoms with van der Waals surface area (Å²) in [5.41, 5.74) is -0.297. The maximum absolute atomic E-state index is 12.3. The zero-order valence-electron chi connectivity index (χ0n) is 8.24. The highest BCUT2D eigenvalue weighted by Crippen LogP contribution is 2.32. The summed E-state index contributed by atoms with van der Waals surface area (Å²) in [5, 5.41) is 9.64. The third kappa shape index (κ3) is 2.55. The van der Waals surface area contributed by atoms with E-state index < -0.39 is 18.0 Å². The van der Waals surface area contributed by atoms with Crippen LogP contribution in [0.25, 0.3) is 11.0 Å². The number of aliphatic hydroxyl groups excluding tert-OH is 1. The fourth-order valence-electron chi connectivity index (χ4n) is 1.32. The van der Waals surface area contributed by atoms with Gasteiger partial charge in [-0.2, -0.15) is 13.2 Å². The van der Waals surface area contributed by atoms with Gasteiger partial charge < -0.3 is 5.11 Å². The predicted molar refractivity (Wildman–Crippen MR) is 58.3 cm³/mol. The van der Waals surface area contributed by atoms with Gasteiger partial charge in [0.25, 0.3) is 0 Å². The minimum atomic E-state index is -4.73. The van der Waals surface area contributed by atoms with Gasteiger partial charge in [0, 0.05) is 16.1 Å². The summed E-state index contributed by atoms with van der Waals surface area (Å²) in [6.45, 7) is 0. The van der Waals surface area contributed by atoms with Crippen molar-refractivity contribution < 1.29 is 18.3 Å². The minimum absolute atomic E-state index is 0.161.